The molecule has 2 fully saturated rings. The molecule has 0 aliphatic carbocycles. The van der Waals surface area contributed by atoms with Crippen LogP contribution in [0.1, 0.15) is 19.3 Å². The molecule has 1 N–H and O–H groups in total. The molecule has 0 bridgehead atoms. The zero-order chi connectivity index (χ0) is 12.8. The van der Waals surface area contributed by atoms with Crippen LogP contribution in [-0.2, 0) is 4.79 Å². The average Bonchev–Trinajstić information content (AvgIpc) is 2.68. The van der Waals surface area contributed by atoms with E-state index in [4.69, 9.17) is 0 Å². The second kappa shape index (κ2) is 7.65. The zero-order valence-electron chi connectivity index (χ0n) is 11.2. The van der Waals surface area contributed by atoms with Crippen molar-refractivity contribution >= 4 is 29.4 Å². The Balaban J connectivity index is 1.73. The first-order valence-corrected chi connectivity index (χ1v) is 9.20. The molecular weight excluding hydrogens is 264 g/mol. The van der Waals surface area contributed by atoms with Gasteiger partial charge >= 0.3 is 0 Å². The summed E-state index contributed by atoms with van der Waals surface area (Å²) in [5.74, 6) is 6.03. The van der Waals surface area contributed by atoms with Crippen molar-refractivity contribution in [1.29, 1.82) is 0 Å². The Morgan fingerprint density at radius 1 is 1.22 bits per heavy atom. The summed E-state index contributed by atoms with van der Waals surface area (Å²) < 4.78 is 0. The number of hydrogen-bond acceptors (Lipinski definition) is 4. The summed E-state index contributed by atoms with van der Waals surface area (Å²) in [5.41, 5.74) is 0. The second-order valence-electron chi connectivity index (χ2n) is 5.16. The Bertz CT molecular complexity index is 260. The van der Waals surface area contributed by atoms with Crippen LogP contribution in [0.5, 0.6) is 0 Å². The zero-order valence-corrected chi connectivity index (χ0v) is 12.8. The van der Waals surface area contributed by atoms with Gasteiger partial charge in [-0.25, -0.2) is 0 Å². The molecule has 0 aromatic carbocycles. The molecule has 104 valence electrons. The van der Waals surface area contributed by atoms with E-state index in [1.54, 1.807) is 7.05 Å². The van der Waals surface area contributed by atoms with Crippen LogP contribution in [0.15, 0.2) is 0 Å². The van der Waals surface area contributed by atoms with Gasteiger partial charge in [0, 0.05) is 42.5 Å². The summed E-state index contributed by atoms with van der Waals surface area (Å²) in [7, 11) is 1.73. The van der Waals surface area contributed by atoms with E-state index < -0.39 is 0 Å². The van der Waals surface area contributed by atoms with Gasteiger partial charge in [-0.3, -0.25) is 9.69 Å². The van der Waals surface area contributed by atoms with E-state index in [-0.39, 0.29) is 5.91 Å². The van der Waals surface area contributed by atoms with Gasteiger partial charge in [0.05, 0.1) is 0 Å². The first-order chi connectivity index (χ1) is 8.79. The molecule has 2 aliphatic heterocycles. The van der Waals surface area contributed by atoms with Gasteiger partial charge in [-0.1, -0.05) is 0 Å². The molecule has 3 nitrogen and oxygen atoms in total. The van der Waals surface area contributed by atoms with Crippen LogP contribution in [0.4, 0.5) is 0 Å². The first-order valence-electron chi connectivity index (χ1n) is 6.89. The van der Waals surface area contributed by atoms with Crippen molar-refractivity contribution in [2.45, 2.75) is 25.3 Å². The molecule has 0 spiro atoms. The van der Waals surface area contributed by atoms with Crippen molar-refractivity contribution in [3.63, 3.8) is 0 Å². The largest absolute Gasteiger partial charge is 0.359 e. The van der Waals surface area contributed by atoms with Gasteiger partial charge in [0.15, 0.2) is 0 Å². The summed E-state index contributed by atoms with van der Waals surface area (Å²) in [5, 5.41) is 2.74. The number of carbonyl (C=O) groups excluding carboxylic acids is 1. The molecule has 2 saturated heterocycles. The number of nitrogens with one attached hydrogen (secondary N) is 1. The number of nitrogens with zero attached hydrogens (tertiary/aromatic N) is 1. The lowest BCUT2D eigenvalue weighted by molar-refractivity contribution is -0.121. The van der Waals surface area contributed by atoms with Crippen LogP contribution in [-0.4, -0.2) is 60.0 Å². The maximum Gasteiger partial charge on any atom is 0.220 e. The molecule has 18 heavy (non-hydrogen) atoms. The second-order valence-corrected chi connectivity index (χ2v) is 7.46. The topological polar surface area (TPSA) is 32.3 Å². The third-order valence-electron chi connectivity index (χ3n) is 3.91. The molecule has 2 aliphatic rings. The summed E-state index contributed by atoms with van der Waals surface area (Å²) in [6.45, 7) is 2.38. The highest BCUT2D eigenvalue weighted by molar-refractivity contribution is 8.03. The molecule has 2 rings (SSSR count). The summed E-state index contributed by atoms with van der Waals surface area (Å²) in [6.07, 6.45) is 3.11. The number of piperidine rings is 1. The monoisotopic (exact) mass is 288 g/mol. The van der Waals surface area contributed by atoms with E-state index in [1.165, 1.54) is 48.9 Å². The van der Waals surface area contributed by atoms with E-state index in [9.17, 15) is 4.79 Å². The smallest absolute Gasteiger partial charge is 0.220 e. The van der Waals surface area contributed by atoms with Gasteiger partial charge in [0.2, 0.25) is 5.91 Å². The molecule has 0 aromatic heterocycles. The normalized spacial score (nSPS) is 24.7. The van der Waals surface area contributed by atoms with Crippen LogP contribution in [0, 0.1) is 5.92 Å². The van der Waals surface area contributed by atoms with Crippen molar-refractivity contribution < 1.29 is 4.79 Å². The average molecular weight is 288 g/mol. The van der Waals surface area contributed by atoms with E-state index in [2.05, 4.69) is 33.7 Å². The summed E-state index contributed by atoms with van der Waals surface area (Å²) >= 11 is 4.21. The fourth-order valence-electron chi connectivity index (χ4n) is 2.70. The quantitative estimate of drug-likeness (QED) is 0.856. The fourth-order valence-corrected chi connectivity index (χ4v) is 5.33. The minimum Gasteiger partial charge on any atom is -0.359 e. The molecule has 5 heteroatoms. The first kappa shape index (κ1) is 14.5. The Labute approximate surface area is 119 Å². The van der Waals surface area contributed by atoms with Gasteiger partial charge in [-0.15, -0.1) is 0 Å². The molecule has 0 unspecified atom stereocenters. The van der Waals surface area contributed by atoms with Crippen LogP contribution >= 0.6 is 23.5 Å². The van der Waals surface area contributed by atoms with Crippen LogP contribution in [0.25, 0.3) is 0 Å². The molecular formula is C13H24N2OS2. The van der Waals surface area contributed by atoms with E-state index in [0.29, 0.717) is 5.92 Å². The fraction of sp³-hybridized carbons (Fsp3) is 0.923. The van der Waals surface area contributed by atoms with Gasteiger partial charge in [0.1, 0.15) is 0 Å². The lowest BCUT2D eigenvalue weighted by Gasteiger charge is -2.36. The standard InChI is InChI=1S/C13H24N2OS2/c1-14-13(16)8-11-2-4-15(5-3-11)12-9-17-6-7-18-10-12/h11-12H,2-10H2,1H3,(H,14,16). The molecule has 0 atom stereocenters. The number of thioether (sulfide) groups is 2. The number of amides is 1. The third kappa shape index (κ3) is 4.35. The number of rotatable bonds is 3. The Morgan fingerprint density at radius 3 is 2.39 bits per heavy atom. The molecule has 2 heterocycles. The van der Waals surface area contributed by atoms with Crippen LogP contribution < -0.4 is 5.32 Å². The molecule has 0 radical (unpaired) electrons. The summed E-state index contributed by atoms with van der Waals surface area (Å²) in [6, 6.07) is 0.767. The van der Waals surface area contributed by atoms with Crippen molar-refractivity contribution in [2.75, 3.05) is 43.1 Å². The Morgan fingerprint density at radius 2 is 1.83 bits per heavy atom. The Kier molecular flexibility index (Phi) is 6.18. The van der Waals surface area contributed by atoms with Gasteiger partial charge in [-0.2, -0.15) is 23.5 Å². The highest BCUT2D eigenvalue weighted by atomic mass is 32.2. The van der Waals surface area contributed by atoms with Gasteiger partial charge < -0.3 is 5.32 Å². The van der Waals surface area contributed by atoms with Crippen LogP contribution in [0.2, 0.25) is 0 Å². The Hall–Kier alpha value is 0.130. The maximum atomic E-state index is 11.4. The van der Waals surface area contributed by atoms with E-state index in [0.717, 1.165) is 12.5 Å². The lowest BCUT2D eigenvalue weighted by Crippen LogP contribution is -2.44. The minimum absolute atomic E-state index is 0.203. The molecule has 0 saturated carbocycles. The number of hydrogen-bond donors (Lipinski definition) is 1. The maximum absolute atomic E-state index is 11.4. The van der Waals surface area contributed by atoms with E-state index >= 15 is 0 Å². The van der Waals surface area contributed by atoms with Gasteiger partial charge in [0.25, 0.3) is 0 Å². The van der Waals surface area contributed by atoms with E-state index in [1.807, 2.05) is 0 Å². The highest BCUT2D eigenvalue weighted by Crippen LogP contribution is 2.26. The minimum atomic E-state index is 0.203. The third-order valence-corrected chi connectivity index (χ3v) is 6.40. The predicted molar refractivity (Wildman–Crippen MR) is 81.4 cm³/mol. The van der Waals surface area contributed by atoms with Crippen molar-refractivity contribution in [3.05, 3.63) is 0 Å². The SMILES string of the molecule is CNC(=O)CC1CCN(C2CSCCSC2)CC1. The van der Waals surface area contributed by atoms with Crippen molar-refractivity contribution in [3.8, 4) is 0 Å². The number of carbonyl (C=O) groups is 1. The van der Waals surface area contributed by atoms with Gasteiger partial charge in [-0.05, 0) is 31.8 Å². The van der Waals surface area contributed by atoms with Crippen molar-refractivity contribution in [2.24, 2.45) is 5.92 Å². The molecule has 0 aromatic rings. The van der Waals surface area contributed by atoms with Crippen LogP contribution in [0.3, 0.4) is 0 Å². The predicted octanol–water partition coefficient (Wildman–Crippen LogP) is 1.68. The summed E-state index contributed by atoms with van der Waals surface area (Å²) in [4.78, 5) is 14.0. The lowest BCUT2D eigenvalue weighted by atomic mass is 9.92. The number of likely N-dealkylation sites (tertiary alicyclic amines) is 1. The molecule has 1 amide bonds. The highest BCUT2D eigenvalue weighted by Gasteiger charge is 2.26. The van der Waals surface area contributed by atoms with Crippen molar-refractivity contribution in [1.82, 2.24) is 10.2 Å².